The summed E-state index contributed by atoms with van der Waals surface area (Å²) in [5.74, 6) is 6.00. The van der Waals surface area contributed by atoms with E-state index in [-0.39, 0.29) is 11.1 Å². The van der Waals surface area contributed by atoms with Crippen LogP contribution in [0.15, 0.2) is 12.1 Å². The maximum absolute atomic E-state index is 12.0. The molecule has 1 fully saturated rings. The van der Waals surface area contributed by atoms with Crippen LogP contribution in [0.3, 0.4) is 0 Å². The number of anilines is 1. The Labute approximate surface area is 117 Å². The smallest absolute Gasteiger partial charge is 0.251 e. The van der Waals surface area contributed by atoms with Gasteiger partial charge in [0.2, 0.25) is 0 Å². The molecule has 0 aromatic carbocycles. The van der Waals surface area contributed by atoms with Gasteiger partial charge in [-0.25, -0.2) is 10.8 Å². The van der Waals surface area contributed by atoms with Gasteiger partial charge >= 0.3 is 0 Å². The number of hydrazine groups is 1. The van der Waals surface area contributed by atoms with Gasteiger partial charge in [0.1, 0.15) is 11.0 Å². The Kier molecular flexibility index (Phi) is 4.57. The number of likely N-dealkylation sites (tertiary alicyclic amines) is 1. The first-order valence-electron chi connectivity index (χ1n) is 6.19. The molecule has 0 saturated carbocycles. The first-order valence-corrected chi connectivity index (χ1v) is 6.57. The molecule has 2 heterocycles. The van der Waals surface area contributed by atoms with Crippen LogP contribution < -0.4 is 16.6 Å². The van der Waals surface area contributed by atoms with Gasteiger partial charge in [-0.05, 0) is 38.1 Å². The number of hydrogen-bond donors (Lipinski definition) is 3. The zero-order chi connectivity index (χ0) is 13.8. The van der Waals surface area contributed by atoms with E-state index in [9.17, 15) is 4.79 Å². The van der Waals surface area contributed by atoms with E-state index in [4.69, 9.17) is 17.4 Å². The van der Waals surface area contributed by atoms with Crippen molar-refractivity contribution < 1.29 is 4.79 Å². The lowest BCUT2D eigenvalue weighted by Crippen LogP contribution is -2.30. The fraction of sp³-hybridized carbons (Fsp3) is 0.500. The summed E-state index contributed by atoms with van der Waals surface area (Å²) in [5, 5.41) is 3.16. The molecule has 7 heteroatoms. The molecule has 1 amide bonds. The van der Waals surface area contributed by atoms with Gasteiger partial charge in [0, 0.05) is 18.7 Å². The van der Waals surface area contributed by atoms with Crippen LogP contribution in [0.1, 0.15) is 16.8 Å². The van der Waals surface area contributed by atoms with Crippen molar-refractivity contribution in [3.8, 4) is 0 Å². The molecule has 1 unspecified atom stereocenters. The number of rotatable bonds is 4. The van der Waals surface area contributed by atoms with Crippen molar-refractivity contribution in [3.63, 3.8) is 0 Å². The van der Waals surface area contributed by atoms with E-state index in [1.807, 2.05) is 0 Å². The predicted octanol–water partition coefficient (Wildman–Crippen LogP) is 0.702. The summed E-state index contributed by atoms with van der Waals surface area (Å²) in [6.07, 6.45) is 1.11. The van der Waals surface area contributed by atoms with Gasteiger partial charge in [0.15, 0.2) is 0 Å². The molecule has 2 rings (SSSR count). The van der Waals surface area contributed by atoms with Crippen molar-refractivity contribution in [1.82, 2.24) is 15.2 Å². The normalized spacial score (nSPS) is 19.4. The highest BCUT2D eigenvalue weighted by Crippen LogP contribution is 2.15. The van der Waals surface area contributed by atoms with Crippen molar-refractivity contribution in [2.45, 2.75) is 6.42 Å². The number of amides is 1. The SMILES string of the molecule is CN1CCC(CNC(=O)c2cc(Cl)nc(NN)c2)C1. The number of hydrogen-bond acceptors (Lipinski definition) is 5. The van der Waals surface area contributed by atoms with Crippen LogP contribution in [0.25, 0.3) is 0 Å². The van der Waals surface area contributed by atoms with Gasteiger partial charge in [-0.1, -0.05) is 11.6 Å². The third-order valence-electron chi connectivity index (χ3n) is 3.24. The number of nitrogens with two attached hydrogens (primary N) is 1. The minimum Gasteiger partial charge on any atom is -0.352 e. The second-order valence-electron chi connectivity index (χ2n) is 4.84. The number of nitrogen functional groups attached to an aromatic ring is 1. The van der Waals surface area contributed by atoms with Gasteiger partial charge in [-0.3, -0.25) is 4.79 Å². The van der Waals surface area contributed by atoms with Crippen LogP contribution in [-0.4, -0.2) is 42.5 Å². The van der Waals surface area contributed by atoms with Crippen molar-refractivity contribution in [1.29, 1.82) is 0 Å². The van der Waals surface area contributed by atoms with Gasteiger partial charge in [0.25, 0.3) is 5.91 Å². The van der Waals surface area contributed by atoms with E-state index in [1.165, 1.54) is 6.07 Å². The summed E-state index contributed by atoms with van der Waals surface area (Å²) in [4.78, 5) is 18.2. The number of pyridine rings is 1. The summed E-state index contributed by atoms with van der Waals surface area (Å²) < 4.78 is 0. The topological polar surface area (TPSA) is 83.3 Å². The number of carbonyl (C=O) groups is 1. The summed E-state index contributed by atoms with van der Waals surface area (Å²) in [7, 11) is 2.09. The second kappa shape index (κ2) is 6.18. The van der Waals surface area contributed by atoms with E-state index < -0.39 is 0 Å². The molecule has 1 saturated heterocycles. The predicted molar refractivity (Wildman–Crippen MR) is 75.0 cm³/mol. The number of halogens is 1. The zero-order valence-electron chi connectivity index (χ0n) is 10.8. The van der Waals surface area contributed by atoms with Crippen molar-refractivity contribution in [2.24, 2.45) is 11.8 Å². The van der Waals surface area contributed by atoms with Crippen LogP contribution in [-0.2, 0) is 0 Å². The number of carbonyl (C=O) groups excluding carboxylic acids is 1. The standard InChI is InChI=1S/C12H18ClN5O/c1-18-3-2-8(7-18)6-15-12(19)9-4-10(13)16-11(5-9)17-14/h4-5,8H,2-3,6-7,14H2,1H3,(H,15,19)(H,16,17). The maximum Gasteiger partial charge on any atom is 0.251 e. The molecular formula is C12H18ClN5O. The lowest BCUT2D eigenvalue weighted by molar-refractivity contribution is 0.0947. The average Bonchev–Trinajstić information content (AvgIpc) is 2.81. The van der Waals surface area contributed by atoms with Gasteiger partial charge in [-0.15, -0.1) is 0 Å². The zero-order valence-corrected chi connectivity index (χ0v) is 11.6. The summed E-state index contributed by atoms with van der Waals surface area (Å²) >= 11 is 5.83. The summed E-state index contributed by atoms with van der Waals surface area (Å²) in [6.45, 7) is 2.78. The lowest BCUT2D eigenvalue weighted by Gasteiger charge is -2.12. The largest absolute Gasteiger partial charge is 0.352 e. The monoisotopic (exact) mass is 283 g/mol. The molecule has 1 aliphatic heterocycles. The molecular weight excluding hydrogens is 266 g/mol. The molecule has 1 atom stereocenters. The number of nitrogens with one attached hydrogen (secondary N) is 2. The molecule has 1 aliphatic rings. The second-order valence-corrected chi connectivity index (χ2v) is 5.22. The Balaban J connectivity index is 1.94. The fourth-order valence-electron chi connectivity index (χ4n) is 2.23. The van der Waals surface area contributed by atoms with E-state index >= 15 is 0 Å². The first-order chi connectivity index (χ1) is 9.08. The quantitative estimate of drug-likeness (QED) is 0.430. The molecule has 0 bridgehead atoms. The molecule has 6 nitrogen and oxygen atoms in total. The van der Waals surface area contributed by atoms with Gasteiger partial charge in [0.05, 0.1) is 0 Å². The highest BCUT2D eigenvalue weighted by molar-refractivity contribution is 6.29. The molecule has 4 N–H and O–H groups in total. The van der Waals surface area contributed by atoms with Gasteiger partial charge in [-0.2, -0.15) is 0 Å². The summed E-state index contributed by atoms with van der Waals surface area (Å²) in [5.41, 5.74) is 2.84. The fourth-order valence-corrected chi connectivity index (χ4v) is 2.44. The highest BCUT2D eigenvalue weighted by atomic mass is 35.5. The molecule has 0 radical (unpaired) electrons. The van der Waals surface area contributed by atoms with Crippen molar-refractivity contribution >= 4 is 23.3 Å². The first kappa shape index (κ1) is 14.0. The van der Waals surface area contributed by atoms with Crippen LogP contribution in [0.2, 0.25) is 5.15 Å². The maximum atomic E-state index is 12.0. The van der Waals surface area contributed by atoms with E-state index in [2.05, 4.69) is 27.7 Å². The highest BCUT2D eigenvalue weighted by Gasteiger charge is 2.20. The minimum atomic E-state index is -0.157. The van der Waals surface area contributed by atoms with E-state index in [1.54, 1.807) is 6.07 Å². The summed E-state index contributed by atoms with van der Waals surface area (Å²) in [6, 6.07) is 3.10. The Bertz CT molecular complexity index is 467. The Morgan fingerprint density at radius 1 is 1.63 bits per heavy atom. The van der Waals surface area contributed by atoms with E-state index in [0.717, 1.165) is 19.5 Å². The minimum absolute atomic E-state index is 0.157. The molecule has 104 valence electrons. The lowest BCUT2D eigenvalue weighted by atomic mass is 10.1. The molecule has 1 aromatic rings. The molecule has 19 heavy (non-hydrogen) atoms. The van der Waals surface area contributed by atoms with Crippen LogP contribution in [0.5, 0.6) is 0 Å². The molecule has 0 spiro atoms. The Morgan fingerprint density at radius 3 is 3.05 bits per heavy atom. The Morgan fingerprint density at radius 2 is 2.42 bits per heavy atom. The van der Waals surface area contributed by atoms with Crippen LogP contribution in [0, 0.1) is 5.92 Å². The molecule has 1 aromatic heterocycles. The van der Waals surface area contributed by atoms with Crippen LogP contribution in [0.4, 0.5) is 5.82 Å². The van der Waals surface area contributed by atoms with Crippen molar-refractivity contribution in [2.75, 3.05) is 32.1 Å². The van der Waals surface area contributed by atoms with Crippen LogP contribution >= 0.6 is 11.6 Å². The number of aromatic nitrogens is 1. The Hall–Kier alpha value is -1.37. The average molecular weight is 284 g/mol. The molecule has 0 aliphatic carbocycles. The van der Waals surface area contributed by atoms with Gasteiger partial charge < -0.3 is 15.6 Å². The third kappa shape index (κ3) is 3.79. The third-order valence-corrected chi connectivity index (χ3v) is 3.44. The van der Waals surface area contributed by atoms with E-state index in [0.29, 0.717) is 23.8 Å². The van der Waals surface area contributed by atoms with Crippen molar-refractivity contribution in [3.05, 3.63) is 22.8 Å². The number of nitrogens with zero attached hydrogens (tertiary/aromatic N) is 2.